The van der Waals surface area contributed by atoms with E-state index in [4.69, 9.17) is 4.42 Å². The first-order chi connectivity index (χ1) is 9.63. The molecule has 0 saturated carbocycles. The van der Waals surface area contributed by atoms with Gasteiger partial charge in [0.2, 0.25) is 0 Å². The second kappa shape index (κ2) is 4.81. The van der Waals surface area contributed by atoms with Gasteiger partial charge in [-0.3, -0.25) is 4.79 Å². The molecule has 3 aromatic rings. The second-order valence-electron chi connectivity index (χ2n) is 4.68. The normalized spacial score (nSPS) is 10.7. The molecule has 0 saturated heterocycles. The fourth-order valence-corrected chi connectivity index (χ4v) is 2.09. The number of para-hydroxylation sites is 1. The van der Waals surface area contributed by atoms with E-state index in [2.05, 4.69) is 10.3 Å². The molecule has 1 aromatic heterocycles. The van der Waals surface area contributed by atoms with Gasteiger partial charge in [-0.25, -0.2) is 4.98 Å². The van der Waals surface area contributed by atoms with Gasteiger partial charge in [0.25, 0.3) is 5.91 Å². The number of anilines is 1. The van der Waals surface area contributed by atoms with E-state index in [9.17, 15) is 4.79 Å². The molecule has 1 N–H and O–H groups in total. The Balaban J connectivity index is 1.90. The van der Waals surface area contributed by atoms with E-state index in [0.29, 0.717) is 17.0 Å². The third-order valence-electron chi connectivity index (χ3n) is 3.15. The summed E-state index contributed by atoms with van der Waals surface area (Å²) < 4.78 is 5.44. The van der Waals surface area contributed by atoms with Gasteiger partial charge in [0.1, 0.15) is 5.52 Å². The zero-order chi connectivity index (χ0) is 14.1. The second-order valence-corrected chi connectivity index (χ2v) is 4.68. The van der Waals surface area contributed by atoms with E-state index in [-0.39, 0.29) is 5.91 Å². The number of amides is 1. The molecule has 1 amide bonds. The molecular formula is C16H14N2O2. The molecule has 0 atom stereocenters. The van der Waals surface area contributed by atoms with Crippen LogP contribution in [0.3, 0.4) is 0 Å². The van der Waals surface area contributed by atoms with E-state index >= 15 is 0 Å². The van der Waals surface area contributed by atoms with Crippen LogP contribution in [0.15, 0.2) is 46.9 Å². The van der Waals surface area contributed by atoms with E-state index in [1.54, 1.807) is 25.1 Å². The SMILES string of the molecule is Cc1nc2ccc(C(=O)Nc3ccccc3C)cc2o1. The lowest BCUT2D eigenvalue weighted by Gasteiger charge is -2.07. The number of carbonyl (C=O) groups is 1. The van der Waals surface area contributed by atoms with Crippen molar-refractivity contribution in [3.05, 3.63) is 59.5 Å². The third kappa shape index (κ3) is 2.28. The maximum Gasteiger partial charge on any atom is 0.255 e. The number of oxazole rings is 1. The van der Waals surface area contributed by atoms with E-state index in [1.807, 2.05) is 31.2 Å². The van der Waals surface area contributed by atoms with Crippen molar-refractivity contribution in [2.24, 2.45) is 0 Å². The van der Waals surface area contributed by atoms with Gasteiger partial charge >= 0.3 is 0 Å². The molecule has 4 heteroatoms. The van der Waals surface area contributed by atoms with Crippen LogP contribution in [-0.4, -0.2) is 10.9 Å². The largest absolute Gasteiger partial charge is 0.441 e. The maximum atomic E-state index is 12.2. The highest BCUT2D eigenvalue weighted by Gasteiger charge is 2.10. The van der Waals surface area contributed by atoms with Gasteiger partial charge in [-0.2, -0.15) is 0 Å². The molecule has 2 aromatic carbocycles. The van der Waals surface area contributed by atoms with Crippen molar-refractivity contribution in [2.75, 3.05) is 5.32 Å². The van der Waals surface area contributed by atoms with Gasteiger partial charge in [0.05, 0.1) is 0 Å². The van der Waals surface area contributed by atoms with Gasteiger partial charge in [-0.15, -0.1) is 0 Å². The molecule has 4 nitrogen and oxygen atoms in total. The van der Waals surface area contributed by atoms with Crippen molar-refractivity contribution in [2.45, 2.75) is 13.8 Å². The highest BCUT2D eigenvalue weighted by atomic mass is 16.3. The lowest BCUT2D eigenvalue weighted by atomic mass is 10.1. The number of hydrogen-bond donors (Lipinski definition) is 1. The quantitative estimate of drug-likeness (QED) is 0.769. The van der Waals surface area contributed by atoms with E-state index in [1.165, 1.54) is 0 Å². The van der Waals surface area contributed by atoms with Crippen molar-refractivity contribution >= 4 is 22.7 Å². The summed E-state index contributed by atoms with van der Waals surface area (Å²) in [4.78, 5) is 16.5. The lowest BCUT2D eigenvalue weighted by Crippen LogP contribution is -2.12. The van der Waals surface area contributed by atoms with Crippen molar-refractivity contribution in [1.82, 2.24) is 4.98 Å². The summed E-state index contributed by atoms with van der Waals surface area (Å²) in [5, 5.41) is 2.90. The van der Waals surface area contributed by atoms with Crippen molar-refractivity contribution in [1.29, 1.82) is 0 Å². The summed E-state index contributed by atoms with van der Waals surface area (Å²) in [6.45, 7) is 3.74. The van der Waals surface area contributed by atoms with Crippen LogP contribution in [0.4, 0.5) is 5.69 Å². The Morgan fingerprint density at radius 1 is 1.15 bits per heavy atom. The summed E-state index contributed by atoms with van der Waals surface area (Å²) in [5.74, 6) is 0.437. The molecule has 3 rings (SSSR count). The number of nitrogens with zero attached hydrogens (tertiary/aromatic N) is 1. The molecule has 1 heterocycles. The smallest absolute Gasteiger partial charge is 0.255 e. The highest BCUT2D eigenvalue weighted by molar-refractivity contribution is 6.06. The Bertz CT molecular complexity index is 790. The van der Waals surface area contributed by atoms with Crippen LogP contribution in [-0.2, 0) is 0 Å². The van der Waals surface area contributed by atoms with Crippen molar-refractivity contribution in [3.63, 3.8) is 0 Å². The summed E-state index contributed by atoms with van der Waals surface area (Å²) in [7, 11) is 0. The summed E-state index contributed by atoms with van der Waals surface area (Å²) in [5.41, 5.74) is 3.77. The van der Waals surface area contributed by atoms with Gasteiger partial charge in [-0.1, -0.05) is 18.2 Å². The average Bonchev–Trinajstić information content (AvgIpc) is 2.80. The number of fused-ring (bicyclic) bond motifs is 1. The number of benzene rings is 2. The van der Waals surface area contributed by atoms with Gasteiger partial charge in [-0.05, 0) is 36.8 Å². The molecule has 0 aliphatic carbocycles. The highest BCUT2D eigenvalue weighted by Crippen LogP contribution is 2.19. The molecule has 0 aliphatic heterocycles. The predicted octanol–water partition coefficient (Wildman–Crippen LogP) is 3.70. The molecule has 0 aliphatic rings. The molecule has 0 spiro atoms. The first-order valence-corrected chi connectivity index (χ1v) is 6.37. The van der Waals surface area contributed by atoms with Crippen LogP contribution in [0.25, 0.3) is 11.1 Å². The van der Waals surface area contributed by atoms with Crippen molar-refractivity contribution < 1.29 is 9.21 Å². The van der Waals surface area contributed by atoms with Crippen LogP contribution in [0, 0.1) is 13.8 Å². The maximum absolute atomic E-state index is 12.2. The minimum Gasteiger partial charge on any atom is -0.441 e. The van der Waals surface area contributed by atoms with E-state index in [0.717, 1.165) is 16.8 Å². The fourth-order valence-electron chi connectivity index (χ4n) is 2.09. The summed E-state index contributed by atoms with van der Waals surface area (Å²) in [6, 6.07) is 12.9. The third-order valence-corrected chi connectivity index (χ3v) is 3.15. The first-order valence-electron chi connectivity index (χ1n) is 6.37. The van der Waals surface area contributed by atoms with Crippen LogP contribution in [0.1, 0.15) is 21.8 Å². The molecule has 0 radical (unpaired) electrons. The molecule has 100 valence electrons. The predicted molar refractivity (Wildman–Crippen MR) is 77.9 cm³/mol. The Morgan fingerprint density at radius 2 is 1.95 bits per heavy atom. The monoisotopic (exact) mass is 266 g/mol. The average molecular weight is 266 g/mol. The van der Waals surface area contributed by atoms with Crippen LogP contribution < -0.4 is 5.32 Å². The van der Waals surface area contributed by atoms with Crippen LogP contribution in [0.5, 0.6) is 0 Å². The molecule has 0 unspecified atom stereocenters. The number of hydrogen-bond acceptors (Lipinski definition) is 3. The van der Waals surface area contributed by atoms with Gasteiger partial charge in [0, 0.05) is 18.2 Å². The van der Waals surface area contributed by atoms with Crippen LogP contribution in [0.2, 0.25) is 0 Å². The van der Waals surface area contributed by atoms with Gasteiger partial charge < -0.3 is 9.73 Å². The number of nitrogens with one attached hydrogen (secondary N) is 1. The topological polar surface area (TPSA) is 55.1 Å². The summed E-state index contributed by atoms with van der Waals surface area (Å²) >= 11 is 0. The minimum atomic E-state index is -0.157. The molecule has 0 fully saturated rings. The van der Waals surface area contributed by atoms with Gasteiger partial charge in [0.15, 0.2) is 11.5 Å². The minimum absolute atomic E-state index is 0.157. The molecule has 20 heavy (non-hydrogen) atoms. The Labute approximate surface area is 116 Å². The summed E-state index contributed by atoms with van der Waals surface area (Å²) in [6.07, 6.45) is 0. The van der Waals surface area contributed by atoms with Crippen LogP contribution >= 0.6 is 0 Å². The number of aryl methyl sites for hydroxylation is 2. The first kappa shape index (κ1) is 12.4. The molecular weight excluding hydrogens is 252 g/mol. The lowest BCUT2D eigenvalue weighted by molar-refractivity contribution is 0.102. The Kier molecular flexibility index (Phi) is 2.99. The number of rotatable bonds is 2. The number of aromatic nitrogens is 1. The fraction of sp³-hybridized carbons (Fsp3) is 0.125. The Hall–Kier alpha value is -2.62. The Morgan fingerprint density at radius 3 is 2.75 bits per heavy atom. The number of carbonyl (C=O) groups excluding carboxylic acids is 1. The van der Waals surface area contributed by atoms with Crippen molar-refractivity contribution in [3.8, 4) is 0 Å². The van der Waals surface area contributed by atoms with E-state index < -0.39 is 0 Å². The standard InChI is InChI=1S/C16H14N2O2/c1-10-5-3-4-6-13(10)18-16(19)12-7-8-14-15(9-12)20-11(2)17-14/h3-9H,1-2H3,(H,18,19). The zero-order valence-corrected chi connectivity index (χ0v) is 11.3. The molecule has 0 bridgehead atoms. The zero-order valence-electron chi connectivity index (χ0n) is 11.3.